The van der Waals surface area contributed by atoms with Gasteiger partial charge in [-0.15, -0.1) is 11.3 Å². The van der Waals surface area contributed by atoms with Crippen LogP contribution in [0, 0.1) is 0 Å². The van der Waals surface area contributed by atoms with E-state index in [1.54, 1.807) is 40.7 Å². The molecule has 1 N–H and O–H groups in total. The number of halogens is 1. The molecule has 1 fully saturated rings. The number of sulfonamides is 1. The fourth-order valence-electron chi connectivity index (χ4n) is 3.22. The molecule has 1 unspecified atom stereocenters. The zero-order chi connectivity index (χ0) is 19.0. The lowest BCUT2D eigenvalue weighted by atomic mass is 10.0. The fourth-order valence-corrected chi connectivity index (χ4v) is 5.62. The summed E-state index contributed by atoms with van der Waals surface area (Å²) in [6.07, 6.45) is 1.11. The number of carbonyl (C=O) groups is 1. The molecule has 0 radical (unpaired) electrons. The Morgan fingerprint density at radius 2 is 2.00 bits per heavy atom. The second-order valence-corrected chi connectivity index (χ2v) is 9.19. The summed E-state index contributed by atoms with van der Waals surface area (Å²) in [6.45, 7) is 0.502. The van der Waals surface area contributed by atoms with Crippen LogP contribution in [0.5, 0.6) is 0 Å². The first-order valence-electron chi connectivity index (χ1n) is 8.38. The van der Waals surface area contributed by atoms with E-state index in [4.69, 9.17) is 11.6 Å². The molecule has 1 atom stereocenters. The summed E-state index contributed by atoms with van der Waals surface area (Å²) in [4.78, 5) is 18.7. The van der Waals surface area contributed by atoms with Crippen LogP contribution in [0.4, 0.5) is 5.69 Å². The molecule has 2 aromatic carbocycles. The molecule has 1 aliphatic heterocycles. The van der Waals surface area contributed by atoms with Gasteiger partial charge in [0.1, 0.15) is 16.5 Å². The van der Waals surface area contributed by atoms with Crippen LogP contribution in [0.2, 0.25) is 5.02 Å². The number of anilines is 1. The molecule has 6 nitrogen and oxygen atoms in total. The second-order valence-electron chi connectivity index (χ2n) is 6.21. The molecular weight excluding hydrogens is 406 g/mol. The minimum absolute atomic E-state index is 0.0870. The molecule has 1 aromatic heterocycles. The number of fused-ring (bicyclic) bond motifs is 1. The van der Waals surface area contributed by atoms with Gasteiger partial charge in [0.15, 0.2) is 0 Å². The Balaban J connectivity index is 1.63. The Morgan fingerprint density at radius 1 is 1.19 bits per heavy atom. The highest BCUT2D eigenvalue weighted by Crippen LogP contribution is 2.30. The predicted octanol–water partition coefficient (Wildman–Crippen LogP) is 3.42. The molecule has 0 aliphatic carbocycles. The van der Waals surface area contributed by atoms with Crippen molar-refractivity contribution < 1.29 is 13.2 Å². The number of para-hydroxylation sites is 2. The van der Waals surface area contributed by atoms with Gasteiger partial charge < -0.3 is 4.90 Å². The van der Waals surface area contributed by atoms with Gasteiger partial charge in [-0.25, -0.2) is 13.4 Å². The van der Waals surface area contributed by atoms with E-state index in [0.29, 0.717) is 35.6 Å². The van der Waals surface area contributed by atoms with Crippen LogP contribution >= 0.6 is 22.9 Å². The van der Waals surface area contributed by atoms with Crippen molar-refractivity contribution in [1.82, 2.24) is 9.71 Å². The Hall–Kier alpha value is -2.00. The van der Waals surface area contributed by atoms with Gasteiger partial charge in [-0.1, -0.05) is 29.8 Å². The Labute approximate surface area is 165 Å². The average Bonchev–Trinajstić information content (AvgIpc) is 3.13. The number of rotatable bonds is 4. The van der Waals surface area contributed by atoms with Gasteiger partial charge in [-0.05, 0) is 37.1 Å². The van der Waals surface area contributed by atoms with Crippen molar-refractivity contribution in [2.45, 2.75) is 23.8 Å². The van der Waals surface area contributed by atoms with Crippen molar-refractivity contribution in [2.75, 3.05) is 11.4 Å². The highest BCUT2D eigenvalue weighted by atomic mass is 35.5. The van der Waals surface area contributed by atoms with E-state index in [2.05, 4.69) is 9.71 Å². The minimum atomic E-state index is -3.89. The Bertz CT molecular complexity index is 1110. The summed E-state index contributed by atoms with van der Waals surface area (Å²) >= 11 is 7.58. The molecule has 140 valence electrons. The van der Waals surface area contributed by atoms with Crippen LogP contribution < -0.4 is 9.62 Å². The van der Waals surface area contributed by atoms with Gasteiger partial charge >= 0.3 is 0 Å². The number of hydrogen-bond acceptors (Lipinski definition) is 5. The summed E-state index contributed by atoms with van der Waals surface area (Å²) < 4.78 is 29.2. The van der Waals surface area contributed by atoms with Gasteiger partial charge in [0, 0.05) is 6.54 Å². The van der Waals surface area contributed by atoms with Crippen molar-refractivity contribution in [2.24, 2.45) is 0 Å². The molecule has 4 rings (SSSR count). The third-order valence-electron chi connectivity index (χ3n) is 4.49. The van der Waals surface area contributed by atoms with Crippen molar-refractivity contribution in [3.8, 4) is 0 Å². The Morgan fingerprint density at radius 3 is 2.81 bits per heavy atom. The van der Waals surface area contributed by atoms with Crippen molar-refractivity contribution in [1.29, 1.82) is 0 Å². The van der Waals surface area contributed by atoms with Crippen LogP contribution in [0.1, 0.15) is 12.8 Å². The lowest BCUT2D eigenvalue weighted by Crippen LogP contribution is -2.52. The largest absolute Gasteiger partial charge is 0.310 e. The first kappa shape index (κ1) is 18.4. The quantitative estimate of drug-likeness (QED) is 0.700. The smallest absolute Gasteiger partial charge is 0.245 e. The minimum Gasteiger partial charge on any atom is -0.310 e. The van der Waals surface area contributed by atoms with E-state index >= 15 is 0 Å². The van der Waals surface area contributed by atoms with Gasteiger partial charge in [-0.2, -0.15) is 4.72 Å². The number of aromatic nitrogens is 1. The molecular formula is C18H16ClN3O3S2. The lowest BCUT2D eigenvalue weighted by molar-refractivity contribution is -0.121. The van der Waals surface area contributed by atoms with E-state index in [0.717, 1.165) is 4.70 Å². The number of thiazole rings is 1. The monoisotopic (exact) mass is 421 g/mol. The van der Waals surface area contributed by atoms with Crippen molar-refractivity contribution >= 4 is 54.8 Å². The number of carbonyl (C=O) groups excluding carboxylic acids is 1. The molecule has 1 amide bonds. The third kappa shape index (κ3) is 3.45. The van der Waals surface area contributed by atoms with Crippen LogP contribution in [0.3, 0.4) is 0 Å². The summed E-state index contributed by atoms with van der Waals surface area (Å²) in [5.41, 5.74) is 2.62. The van der Waals surface area contributed by atoms with Crippen LogP contribution in [-0.4, -0.2) is 31.9 Å². The van der Waals surface area contributed by atoms with E-state index in [9.17, 15) is 13.2 Å². The maximum Gasteiger partial charge on any atom is 0.245 e. The second kappa shape index (κ2) is 7.20. The SMILES string of the molecule is O=C1C(NS(=O)(=O)c2cccc3scnc23)CCCN1c1ccccc1Cl. The number of piperidine rings is 1. The van der Waals surface area contributed by atoms with Crippen molar-refractivity contribution in [3.63, 3.8) is 0 Å². The first-order valence-corrected chi connectivity index (χ1v) is 11.1. The topological polar surface area (TPSA) is 79.4 Å². The highest BCUT2D eigenvalue weighted by molar-refractivity contribution is 7.89. The normalized spacial score (nSPS) is 18.2. The third-order valence-corrected chi connectivity index (χ3v) is 7.11. The summed E-state index contributed by atoms with van der Waals surface area (Å²) in [7, 11) is -3.89. The van der Waals surface area contributed by atoms with E-state index in [1.165, 1.54) is 17.4 Å². The standard InChI is InChI=1S/C18H16ClN3O3S2/c19-12-5-1-2-7-14(12)22-10-4-6-13(18(22)23)21-27(24,25)16-9-3-8-15-17(16)20-11-26-15/h1-3,5,7-9,11,13,21H,4,6,10H2. The molecule has 9 heteroatoms. The van der Waals surface area contributed by atoms with Crippen LogP contribution in [-0.2, 0) is 14.8 Å². The number of hydrogen-bond donors (Lipinski definition) is 1. The maximum atomic E-state index is 12.9. The molecule has 0 spiro atoms. The van der Waals surface area contributed by atoms with E-state index < -0.39 is 16.1 Å². The molecule has 1 saturated heterocycles. The summed E-state index contributed by atoms with van der Waals surface area (Å²) in [6, 6.07) is 11.2. The van der Waals surface area contributed by atoms with Crippen molar-refractivity contribution in [3.05, 3.63) is 53.0 Å². The predicted molar refractivity (Wildman–Crippen MR) is 107 cm³/mol. The van der Waals surface area contributed by atoms with Gasteiger partial charge in [0.2, 0.25) is 15.9 Å². The number of nitrogens with zero attached hydrogens (tertiary/aromatic N) is 2. The molecule has 3 aromatic rings. The molecule has 0 bridgehead atoms. The number of nitrogens with one attached hydrogen (secondary N) is 1. The van der Waals surface area contributed by atoms with Gasteiger partial charge in [-0.3, -0.25) is 4.79 Å². The number of amides is 1. The van der Waals surface area contributed by atoms with Crippen LogP contribution in [0.25, 0.3) is 10.2 Å². The molecule has 1 aliphatic rings. The molecule has 27 heavy (non-hydrogen) atoms. The summed E-state index contributed by atoms with van der Waals surface area (Å²) in [5, 5.41) is 0.460. The Kier molecular flexibility index (Phi) is 4.90. The highest BCUT2D eigenvalue weighted by Gasteiger charge is 2.34. The van der Waals surface area contributed by atoms with Gasteiger partial charge in [0.25, 0.3) is 0 Å². The molecule has 2 heterocycles. The summed E-state index contributed by atoms with van der Waals surface area (Å²) in [5.74, 6) is -0.302. The fraction of sp³-hybridized carbons (Fsp3) is 0.222. The van der Waals surface area contributed by atoms with Gasteiger partial charge in [0.05, 0.1) is 20.9 Å². The zero-order valence-corrected chi connectivity index (χ0v) is 16.5. The van der Waals surface area contributed by atoms with E-state index in [-0.39, 0.29) is 10.8 Å². The average molecular weight is 422 g/mol. The maximum absolute atomic E-state index is 12.9. The first-order chi connectivity index (χ1) is 13.0. The molecule has 0 saturated carbocycles. The van der Waals surface area contributed by atoms with E-state index in [1.807, 2.05) is 6.07 Å². The number of benzene rings is 2. The zero-order valence-electron chi connectivity index (χ0n) is 14.1. The lowest BCUT2D eigenvalue weighted by Gasteiger charge is -2.33. The van der Waals surface area contributed by atoms with Crippen LogP contribution in [0.15, 0.2) is 52.9 Å².